The van der Waals surface area contributed by atoms with E-state index in [1.165, 1.54) is 5.56 Å². The molecule has 1 N–H and O–H groups in total. The van der Waals surface area contributed by atoms with Crippen LogP contribution in [0.2, 0.25) is 0 Å². The summed E-state index contributed by atoms with van der Waals surface area (Å²) in [6.45, 7) is 0.756. The van der Waals surface area contributed by atoms with E-state index in [0.717, 1.165) is 30.8 Å². The maximum atomic E-state index is 10.8. The molecular formula is C12H12O3. The summed E-state index contributed by atoms with van der Waals surface area (Å²) in [5.74, 6) is 0.363. The maximum Gasteiger partial charge on any atom is 0.307 e. The van der Waals surface area contributed by atoms with Gasteiger partial charge < -0.3 is 9.84 Å². The Morgan fingerprint density at radius 3 is 3.07 bits per heavy atom. The highest BCUT2D eigenvalue weighted by molar-refractivity contribution is 5.75. The first-order chi connectivity index (χ1) is 7.25. The van der Waals surface area contributed by atoms with Gasteiger partial charge in [0.25, 0.3) is 0 Å². The summed E-state index contributed by atoms with van der Waals surface area (Å²) < 4.78 is 5.41. The van der Waals surface area contributed by atoms with Crippen molar-refractivity contribution in [2.24, 2.45) is 5.92 Å². The average Bonchev–Trinajstić information content (AvgIpc) is 2.89. The van der Waals surface area contributed by atoms with Crippen LogP contribution in [0.4, 0.5) is 0 Å². The third-order valence-electron chi connectivity index (χ3n) is 3.25. The second kappa shape index (κ2) is 2.99. The minimum Gasteiger partial charge on any atom is -0.493 e. The molecule has 2 aliphatic rings. The molecule has 1 aromatic carbocycles. The minimum atomic E-state index is -0.670. The molecule has 0 saturated heterocycles. The standard InChI is InChI=1S/C12H12O3/c13-12(14)10-6-9(10)7-1-2-11-8(5-7)3-4-15-11/h1-2,5,9-10H,3-4,6H2,(H,13,14)/t9-,10+/m0/s1. The Morgan fingerprint density at radius 2 is 2.33 bits per heavy atom. The third-order valence-corrected chi connectivity index (χ3v) is 3.25. The van der Waals surface area contributed by atoms with Crippen LogP contribution in [0.3, 0.4) is 0 Å². The van der Waals surface area contributed by atoms with Crippen LogP contribution in [0.15, 0.2) is 18.2 Å². The van der Waals surface area contributed by atoms with E-state index in [1.807, 2.05) is 12.1 Å². The van der Waals surface area contributed by atoms with Crippen molar-refractivity contribution < 1.29 is 14.6 Å². The number of benzene rings is 1. The lowest BCUT2D eigenvalue weighted by Gasteiger charge is -2.02. The summed E-state index contributed by atoms with van der Waals surface area (Å²) in [7, 11) is 0. The summed E-state index contributed by atoms with van der Waals surface area (Å²) in [6, 6.07) is 6.07. The number of hydrogen-bond acceptors (Lipinski definition) is 2. The number of hydrogen-bond donors (Lipinski definition) is 1. The molecule has 0 radical (unpaired) electrons. The van der Waals surface area contributed by atoms with Gasteiger partial charge in [0.05, 0.1) is 12.5 Å². The molecule has 1 saturated carbocycles. The van der Waals surface area contributed by atoms with Gasteiger partial charge in [0, 0.05) is 6.42 Å². The van der Waals surface area contributed by atoms with Crippen molar-refractivity contribution in [3.05, 3.63) is 29.3 Å². The van der Waals surface area contributed by atoms with E-state index in [2.05, 4.69) is 6.07 Å². The molecule has 1 aliphatic heterocycles. The van der Waals surface area contributed by atoms with E-state index in [4.69, 9.17) is 9.84 Å². The lowest BCUT2D eigenvalue weighted by Crippen LogP contribution is -1.98. The van der Waals surface area contributed by atoms with Crippen molar-refractivity contribution >= 4 is 5.97 Å². The topological polar surface area (TPSA) is 46.5 Å². The van der Waals surface area contributed by atoms with Crippen LogP contribution in [-0.4, -0.2) is 17.7 Å². The van der Waals surface area contributed by atoms with Gasteiger partial charge in [0.15, 0.2) is 0 Å². The zero-order valence-corrected chi connectivity index (χ0v) is 8.27. The molecule has 3 nitrogen and oxygen atoms in total. The van der Waals surface area contributed by atoms with Gasteiger partial charge in [-0.05, 0) is 29.5 Å². The summed E-state index contributed by atoms with van der Waals surface area (Å²) in [4.78, 5) is 10.8. The molecule has 0 amide bonds. The Labute approximate surface area is 87.7 Å². The van der Waals surface area contributed by atoms with Crippen molar-refractivity contribution in [2.45, 2.75) is 18.8 Å². The van der Waals surface area contributed by atoms with Crippen LogP contribution in [0.1, 0.15) is 23.5 Å². The number of aliphatic carboxylic acids is 1. The zero-order valence-electron chi connectivity index (χ0n) is 8.27. The third kappa shape index (κ3) is 1.39. The van der Waals surface area contributed by atoms with E-state index in [9.17, 15) is 4.79 Å². The molecule has 0 spiro atoms. The normalized spacial score (nSPS) is 26.9. The Bertz CT molecular complexity index is 425. The molecule has 0 unspecified atom stereocenters. The SMILES string of the molecule is O=C(O)[C@@H]1C[C@H]1c1ccc2c(c1)CCO2. The minimum absolute atomic E-state index is 0.162. The number of carboxylic acids is 1. The smallest absolute Gasteiger partial charge is 0.307 e. The van der Waals surface area contributed by atoms with Crippen LogP contribution in [0.25, 0.3) is 0 Å². The summed E-state index contributed by atoms with van der Waals surface area (Å²) in [6.07, 6.45) is 1.74. The van der Waals surface area contributed by atoms with Gasteiger partial charge in [-0.25, -0.2) is 0 Å². The first kappa shape index (κ1) is 8.77. The van der Waals surface area contributed by atoms with Crippen LogP contribution in [-0.2, 0) is 11.2 Å². The monoisotopic (exact) mass is 204 g/mol. The molecule has 0 bridgehead atoms. The summed E-state index contributed by atoms with van der Waals surface area (Å²) in [5, 5.41) is 8.85. The number of fused-ring (bicyclic) bond motifs is 1. The number of rotatable bonds is 2. The fourth-order valence-corrected chi connectivity index (χ4v) is 2.27. The van der Waals surface area contributed by atoms with Gasteiger partial charge in [0.1, 0.15) is 5.75 Å². The second-order valence-corrected chi connectivity index (χ2v) is 4.25. The van der Waals surface area contributed by atoms with Crippen LogP contribution < -0.4 is 4.74 Å². The Hall–Kier alpha value is -1.51. The molecule has 0 aromatic heterocycles. The first-order valence-corrected chi connectivity index (χ1v) is 5.24. The predicted octanol–water partition coefficient (Wildman–Crippen LogP) is 1.81. The molecule has 78 valence electrons. The molecule has 3 rings (SSSR count). The maximum absolute atomic E-state index is 10.8. The van der Waals surface area contributed by atoms with Crippen LogP contribution in [0.5, 0.6) is 5.75 Å². The van der Waals surface area contributed by atoms with Crippen LogP contribution in [0, 0.1) is 5.92 Å². The van der Waals surface area contributed by atoms with Crippen molar-refractivity contribution in [1.82, 2.24) is 0 Å². The summed E-state index contributed by atoms with van der Waals surface area (Å²) >= 11 is 0. The molecule has 1 aromatic rings. The molecule has 3 heteroatoms. The molecular weight excluding hydrogens is 192 g/mol. The average molecular weight is 204 g/mol. The highest BCUT2D eigenvalue weighted by Gasteiger charge is 2.44. The summed E-state index contributed by atoms with van der Waals surface area (Å²) in [5.41, 5.74) is 2.38. The first-order valence-electron chi connectivity index (χ1n) is 5.24. The van der Waals surface area contributed by atoms with Gasteiger partial charge in [-0.1, -0.05) is 12.1 Å². The molecule has 1 fully saturated rings. The Balaban J connectivity index is 1.86. The second-order valence-electron chi connectivity index (χ2n) is 4.25. The van der Waals surface area contributed by atoms with Crippen molar-refractivity contribution in [2.75, 3.05) is 6.61 Å². The number of carbonyl (C=O) groups is 1. The van der Waals surface area contributed by atoms with E-state index < -0.39 is 5.97 Å². The van der Waals surface area contributed by atoms with Gasteiger partial charge >= 0.3 is 5.97 Å². The van der Waals surface area contributed by atoms with Crippen molar-refractivity contribution in [1.29, 1.82) is 0 Å². The molecule has 15 heavy (non-hydrogen) atoms. The number of ether oxygens (including phenoxy) is 1. The highest BCUT2D eigenvalue weighted by Crippen LogP contribution is 2.48. The predicted molar refractivity (Wildman–Crippen MR) is 54.1 cm³/mol. The van der Waals surface area contributed by atoms with E-state index in [1.54, 1.807) is 0 Å². The van der Waals surface area contributed by atoms with Gasteiger partial charge in [-0.2, -0.15) is 0 Å². The van der Waals surface area contributed by atoms with Gasteiger partial charge in [-0.15, -0.1) is 0 Å². The van der Waals surface area contributed by atoms with Crippen LogP contribution >= 0.6 is 0 Å². The van der Waals surface area contributed by atoms with E-state index in [0.29, 0.717) is 0 Å². The van der Waals surface area contributed by atoms with E-state index in [-0.39, 0.29) is 11.8 Å². The molecule has 1 aliphatic carbocycles. The number of carboxylic acid groups (broad SMARTS) is 1. The van der Waals surface area contributed by atoms with E-state index >= 15 is 0 Å². The fraction of sp³-hybridized carbons (Fsp3) is 0.417. The Kier molecular flexibility index (Phi) is 1.75. The zero-order chi connectivity index (χ0) is 10.4. The van der Waals surface area contributed by atoms with Gasteiger partial charge in [0.2, 0.25) is 0 Å². The fourth-order valence-electron chi connectivity index (χ4n) is 2.27. The van der Waals surface area contributed by atoms with Crippen molar-refractivity contribution in [3.8, 4) is 5.75 Å². The lowest BCUT2D eigenvalue weighted by molar-refractivity contribution is -0.138. The van der Waals surface area contributed by atoms with Gasteiger partial charge in [-0.3, -0.25) is 4.79 Å². The highest BCUT2D eigenvalue weighted by atomic mass is 16.5. The molecule has 1 heterocycles. The lowest BCUT2D eigenvalue weighted by atomic mass is 10.0. The molecule has 2 atom stereocenters. The largest absolute Gasteiger partial charge is 0.493 e. The Morgan fingerprint density at radius 1 is 1.47 bits per heavy atom. The quantitative estimate of drug-likeness (QED) is 0.799. The van der Waals surface area contributed by atoms with Crippen molar-refractivity contribution in [3.63, 3.8) is 0 Å².